The molecule has 137 heavy (non-hydrogen) atoms. The summed E-state index contributed by atoms with van der Waals surface area (Å²) in [4.78, 5) is 18.2. The number of para-hydroxylation sites is 4. The first kappa shape index (κ1) is 106. The van der Waals surface area contributed by atoms with Crippen LogP contribution in [0.5, 0.6) is 23.0 Å². The van der Waals surface area contributed by atoms with Crippen molar-refractivity contribution < 1.29 is 88.5 Å². The number of fused-ring (bicyclic) bond motifs is 8. The summed E-state index contributed by atoms with van der Waals surface area (Å²) >= 11 is -0.472. The molecule has 0 aliphatic rings. The second-order valence-corrected chi connectivity index (χ2v) is 46.5. The maximum Gasteiger partial charge on any atom is 0 e. The van der Waals surface area contributed by atoms with Crippen molar-refractivity contribution in [2.75, 3.05) is 0 Å². The van der Waals surface area contributed by atoms with Crippen molar-refractivity contribution in [2.24, 2.45) is 0 Å². The molecule has 17 rings (SSSR count). The van der Waals surface area contributed by atoms with Gasteiger partial charge in [-0.1, -0.05) is 270 Å². The molecule has 0 saturated carbocycles. The predicted octanol–water partition coefficient (Wildman–Crippen LogP) is 29.5. The number of halogens is 5. The van der Waals surface area contributed by atoms with E-state index >= 15 is 0 Å². The van der Waals surface area contributed by atoms with Crippen LogP contribution in [0.25, 0.3) is 100 Å². The fraction of sp³-hybridized carbons (Fsp3) is 0.298. The van der Waals surface area contributed by atoms with Crippen molar-refractivity contribution in [3.05, 3.63) is 336 Å². The van der Waals surface area contributed by atoms with Gasteiger partial charge in [-0.3, -0.25) is 15.9 Å². The van der Waals surface area contributed by atoms with Crippen LogP contribution < -0.4 is 18.6 Å². The zero-order chi connectivity index (χ0) is 99.5. The molecule has 722 valence electrons. The van der Waals surface area contributed by atoms with E-state index in [0.29, 0.717) is 17.1 Å². The molecule has 0 aliphatic carbocycles. The Kier molecular flexibility index (Phi) is 32.7. The largest absolute Gasteiger partial charge is 0 e. The number of alkyl halides is 3. The quantitative estimate of drug-likeness (QED) is 0.0425. The van der Waals surface area contributed by atoms with Gasteiger partial charge in [0.25, 0.3) is 12.7 Å². The smallest absolute Gasteiger partial charge is 0 e. The Balaban J connectivity index is 0.000000231. The van der Waals surface area contributed by atoms with E-state index in [2.05, 4.69) is 412 Å². The SMILES string of the molecule is C.CC(C)(C)c1cc(-[n+]2[c-]n(-c3[c-]c(Oc4[c-]c5c(cc4)c4cc(C(C)(C)C)ccc4n5-c4cc(C(C)(C)C)ccn4)ccc3)c3ccccc32)cc(C(C)(C)C)c1.CC(C)(C)c1cc(-[n+]2cn(-c3cccc(Oc4ccc5c6cc(C(C)(C)C)ccc6n(-c6cc(C(C)(C)C)ccn6)c5c4)c3)c3ccccc32)cc(C(C)(C)C)c1.N#Cc1ccccc1.O=S(=O)([O-])C(F)(F)F.[2H][C-]=O.[Cl][Pt][Cl].[Pt]. The maximum absolute atomic E-state index is 10.7. The topological polar surface area (TPSA) is 170 Å². The zero-order valence-electron chi connectivity index (χ0n) is 82.3. The average Bonchev–Trinajstić information content (AvgIpc) is 1.58. The Labute approximate surface area is 838 Å². The molecule has 0 saturated heterocycles. The Morgan fingerprint density at radius 1 is 0.445 bits per heavy atom. The molecule has 15 nitrogen and oxygen atoms in total. The fourth-order valence-electron chi connectivity index (χ4n) is 15.7. The third-order valence-electron chi connectivity index (χ3n) is 23.6. The fourth-order valence-corrected chi connectivity index (χ4v) is 15.7. The molecule has 0 unspecified atom stereocenters. The van der Waals surface area contributed by atoms with Crippen LogP contribution in [0.4, 0.5) is 13.2 Å². The van der Waals surface area contributed by atoms with Crippen molar-refractivity contribution >= 4 is 101 Å². The summed E-state index contributed by atoms with van der Waals surface area (Å²) in [6, 6.07) is 96.8. The zero-order valence-corrected chi connectivity index (χ0v) is 88.2. The number of hydrogen-bond acceptors (Lipinski definition) is 9. The van der Waals surface area contributed by atoms with Gasteiger partial charge in [0, 0.05) is 73.4 Å². The third kappa shape index (κ3) is 25.1. The number of imidazole rings is 2. The number of hydrogen-bond donors (Lipinski definition) is 0. The molecule has 6 heterocycles. The van der Waals surface area contributed by atoms with E-state index in [4.69, 9.17) is 62.7 Å². The van der Waals surface area contributed by atoms with Gasteiger partial charge in [-0.25, -0.2) is 18.4 Å². The monoisotopic (exact) mass is 2260 g/mol. The third-order valence-corrected chi connectivity index (χ3v) is 24.1. The van der Waals surface area contributed by atoms with Crippen molar-refractivity contribution in [3.8, 4) is 63.5 Å². The van der Waals surface area contributed by atoms with Crippen molar-refractivity contribution in [2.45, 2.75) is 222 Å². The van der Waals surface area contributed by atoms with Crippen LogP contribution in [0.1, 0.15) is 225 Å². The molecule has 17 aromatic rings. The standard InChI is InChI=1S/C52H57N4O.C52H54N4O.C7H5N.CHF3O3S.CHO.CH4.2ClH.2Pt/c2*1-49(2,3)34-20-23-44-43(29-34)42-22-21-41(32-47(42)56(44)48-30-35(24-25-53-48)50(4,5)6)57-40-17-15-16-38(31-40)54-33-55(46-19-14-13-18-45(46)54)39-27-36(51(7,8)9)26-37(28-39)52(10,11)12;8-6-7-4-2-1-3-5-7;2-1(3,4)8(5,6)7;1-2;;;;;/h13-33H,1-12H3;13-30H,1-12H3;1-5H;(H,5,6,7);1H;1H4;2*1H;;/q+1;-2;;;-1;;;;;+2/p-3/i;;;;1D;;;;;. The van der Waals surface area contributed by atoms with Crippen molar-refractivity contribution in [1.82, 2.24) is 28.2 Å². The molecule has 0 spiro atoms. The first-order valence-electron chi connectivity index (χ1n) is 44.9. The normalized spacial score (nSPS) is 12.3. The molecular weight excluding hydrogens is 2140 g/mol. The van der Waals surface area contributed by atoms with E-state index in [0.717, 1.165) is 102 Å². The number of rotatable bonds is 10. The van der Waals surface area contributed by atoms with Gasteiger partial charge >= 0.3 is 40.8 Å². The molecule has 0 N–H and O–H groups in total. The van der Waals surface area contributed by atoms with E-state index in [9.17, 15) is 13.2 Å². The van der Waals surface area contributed by atoms with Gasteiger partial charge in [-0.05, 0) is 214 Å². The van der Waals surface area contributed by atoms with Crippen LogP contribution in [0.2, 0.25) is 0 Å². The number of nitriles is 1. The summed E-state index contributed by atoms with van der Waals surface area (Å²) in [7, 11) is 3.66. The second-order valence-electron chi connectivity index (χ2n) is 41.9. The molecule has 0 radical (unpaired) electrons. The average molecular weight is 2260 g/mol. The maximum atomic E-state index is 10.7. The molecule has 11 aromatic carbocycles. The van der Waals surface area contributed by atoms with Crippen LogP contribution in [0, 0.1) is 29.8 Å². The summed E-state index contributed by atoms with van der Waals surface area (Å²) in [5.74, 6) is 4.50. The minimum Gasteiger partial charge on any atom is 0 e. The van der Waals surface area contributed by atoms with Crippen LogP contribution in [-0.4, -0.2) is 53.5 Å². The van der Waals surface area contributed by atoms with E-state index in [-0.39, 0.29) is 71.8 Å². The van der Waals surface area contributed by atoms with E-state index in [1.165, 1.54) is 60.7 Å². The van der Waals surface area contributed by atoms with Gasteiger partial charge in [-0.15, -0.1) is 29.7 Å². The predicted molar refractivity (Wildman–Crippen MR) is 545 cm³/mol. The van der Waals surface area contributed by atoms with E-state index < -0.39 is 32.1 Å². The Bertz CT molecular complexity index is 6960. The summed E-state index contributed by atoms with van der Waals surface area (Å²) in [6.45, 7) is 55.2. The number of carbonyl (C=O) groups excluding carboxylic acids is 1. The van der Waals surface area contributed by atoms with Crippen molar-refractivity contribution in [3.63, 3.8) is 0 Å². The van der Waals surface area contributed by atoms with Gasteiger partial charge < -0.3 is 28.0 Å². The van der Waals surface area contributed by atoms with Gasteiger partial charge in [0.1, 0.15) is 34.5 Å². The summed E-state index contributed by atoms with van der Waals surface area (Å²) in [5.41, 5.74) is 18.0. The van der Waals surface area contributed by atoms with Crippen LogP contribution in [0.3, 0.4) is 0 Å². The molecule has 6 aromatic heterocycles. The second kappa shape index (κ2) is 42.2. The molecular formula is C114H121Cl2F3N9O6Pt2S-3. The number of ether oxygens (including phenoxy) is 2. The Morgan fingerprint density at radius 2 is 0.876 bits per heavy atom. The number of aromatic nitrogens is 8. The number of nitrogens with zero attached hydrogens (tertiary/aromatic N) is 9. The Hall–Kier alpha value is -11.3. The molecule has 0 amide bonds. The summed E-state index contributed by atoms with van der Waals surface area (Å²) in [6.07, 6.45) is 9.75. The Morgan fingerprint density at radius 3 is 1.37 bits per heavy atom. The van der Waals surface area contributed by atoms with Crippen LogP contribution in [-0.2, 0) is 95.8 Å². The first-order chi connectivity index (χ1) is 63.5. The molecule has 23 heteroatoms. The van der Waals surface area contributed by atoms with Gasteiger partial charge in [-0.2, -0.15) is 47.1 Å². The van der Waals surface area contributed by atoms with Crippen LogP contribution in [0.15, 0.2) is 267 Å². The summed E-state index contributed by atoms with van der Waals surface area (Å²) < 4.78 is 91.0. The summed E-state index contributed by atoms with van der Waals surface area (Å²) in [5, 5.41) is 12.9. The molecule has 0 fully saturated rings. The van der Waals surface area contributed by atoms with Gasteiger partial charge in [0.05, 0.1) is 39.4 Å². The molecule has 0 aliphatic heterocycles. The number of pyridine rings is 2. The van der Waals surface area contributed by atoms with E-state index in [1.54, 1.807) is 12.1 Å². The van der Waals surface area contributed by atoms with Gasteiger partial charge in [0.15, 0.2) is 21.2 Å². The van der Waals surface area contributed by atoms with Crippen molar-refractivity contribution in [1.29, 1.82) is 5.26 Å². The minimum absolute atomic E-state index is 0. The number of benzene rings is 11. The molecule has 0 atom stereocenters. The van der Waals surface area contributed by atoms with E-state index in [1.807, 2.05) is 60.9 Å². The van der Waals surface area contributed by atoms with Crippen LogP contribution >= 0.6 is 18.8 Å². The first-order valence-corrected chi connectivity index (χ1v) is 51.5. The molecule has 0 bridgehead atoms. The minimum atomic E-state index is -6.09. The van der Waals surface area contributed by atoms with Gasteiger partial charge in [0.2, 0.25) is 0 Å².